The molecule has 1 aliphatic heterocycles. The minimum absolute atomic E-state index is 0.0595. The van der Waals surface area contributed by atoms with E-state index in [0.29, 0.717) is 23.9 Å². The molecule has 1 aromatic carbocycles. The molecule has 0 bridgehead atoms. The molecule has 6 heteroatoms. The number of hydrogen-bond donors (Lipinski definition) is 1. The molecule has 5 nitrogen and oxygen atoms in total. The molecule has 1 aromatic rings. The van der Waals surface area contributed by atoms with Crippen LogP contribution in [0.4, 0.5) is 0 Å². The van der Waals surface area contributed by atoms with Crippen molar-refractivity contribution in [1.82, 2.24) is 5.32 Å². The van der Waals surface area contributed by atoms with Crippen LogP contribution in [0, 0.1) is 0 Å². The highest BCUT2D eigenvalue weighted by Crippen LogP contribution is 2.37. The van der Waals surface area contributed by atoms with E-state index in [9.17, 15) is 4.79 Å². The number of thioether (sulfide) groups is 1. The summed E-state index contributed by atoms with van der Waals surface area (Å²) < 4.78 is 15.5. The minimum atomic E-state index is -0.252. The van der Waals surface area contributed by atoms with Gasteiger partial charge in [-0.1, -0.05) is 6.07 Å². The van der Waals surface area contributed by atoms with E-state index in [0.717, 1.165) is 5.56 Å². The monoisotopic (exact) mass is 297 g/mol. The van der Waals surface area contributed by atoms with Crippen molar-refractivity contribution in [3.8, 4) is 11.5 Å². The first kappa shape index (κ1) is 15.0. The molecule has 0 saturated carbocycles. The van der Waals surface area contributed by atoms with E-state index in [1.807, 2.05) is 25.1 Å². The molecule has 1 fully saturated rings. The van der Waals surface area contributed by atoms with E-state index in [1.54, 1.807) is 26.0 Å². The van der Waals surface area contributed by atoms with E-state index in [4.69, 9.17) is 14.2 Å². The van der Waals surface area contributed by atoms with Crippen LogP contribution in [-0.2, 0) is 9.53 Å². The molecule has 2 atom stereocenters. The Morgan fingerprint density at radius 1 is 1.35 bits per heavy atom. The second kappa shape index (κ2) is 6.85. The first-order valence-corrected chi connectivity index (χ1v) is 7.50. The number of nitrogens with one attached hydrogen (secondary N) is 1. The van der Waals surface area contributed by atoms with Crippen molar-refractivity contribution in [3.05, 3.63) is 23.8 Å². The van der Waals surface area contributed by atoms with E-state index in [2.05, 4.69) is 5.32 Å². The summed E-state index contributed by atoms with van der Waals surface area (Å²) in [5.41, 5.74) is 1.06. The highest BCUT2D eigenvalue weighted by Gasteiger charge is 2.31. The van der Waals surface area contributed by atoms with Gasteiger partial charge in [0.15, 0.2) is 11.5 Å². The van der Waals surface area contributed by atoms with Gasteiger partial charge in [0, 0.05) is 5.75 Å². The zero-order valence-electron chi connectivity index (χ0n) is 11.8. The van der Waals surface area contributed by atoms with E-state index >= 15 is 0 Å². The van der Waals surface area contributed by atoms with Gasteiger partial charge in [0.05, 0.1) is 26.2 Å². The first-order chi connectivity index (χ1) is 9.69. The maximum atomic E-state index is 11.7. The van der Waals surface area contributed by atoms with Crippen LogP contribution in [0.5, 0.6) is 11.5 Å². The molecule has 1 N–H and O–H groups in total. The summed E-state index contributed by atoms with van der Waals surface area (Å²) in [6, 6.07) is 5.52. The molecule has 1 saturated heterocycles. The SMILES string of the molecule is CCOC(=O)C1CSC(c2ccc(OC)c(OC)c2)N1. The summed E-state index contributed by atoms with van der Waals surface area (Å²) in [6.07, 6.45) is 0. The fraction of sp³-hybridized carbons (Fsp3) is 0.500. The molecule has 0 spiro atoms. The van der Waals surface area contributed by atoms with Gasteiger partial charge in [-0.25, -0.2) is 0 Å². The van der Waals surface area contributed by atoms with Crippen molar-refractivity contribution in [1.29, 1.82) is 0 Å². The van der Waals surface area contributed by atoms with Crippen LogP contribution in [0.2, 0.25) is 0 Å². The van der Waals surface area contributed by atoms with Gasteiger partial charge in [-0.2, -0.15) is 0 Å². The van der Waals surface area contributed by atoms with Crippen LogP contribution in [0.15, 0.2) is 18.2 Å². The predicted molar refractivity (Wildman–Crippen MR) is 78.3 cm³/mol. The Hall–Kier alpha value is -1.40. The third-order valence-corrected chi connectivity index (χ3v) is 4.33. The maximum absolute atomic E-state index is 11.7. The molecular formula is C14H19NO4S. The van der Waals surface area contributed by atoms with Gasteiger partial charge in [-0.15, -0.1) is 11.8 Å². The van der Waals surface area contributed by atoms with E-state index in [1.165, 1.54) is 0 Å². The Kier molecular flexibility index (Phi) is 5.14. The molecular weight excluding hydrogens is 278 g/mol. The minimum Gasteiger partial charge on any atom is -0.493 e. The number of rotatable bonds is 5. The zero-order chi connectivity index (χ0) is 14.5. The Labute approximate surface area is 123 Å². The molecule has 0 amide bonds. The molecule has 2 unspecified atom stereocenters. The van der Waals surface area contributed by atoms with Gasteiger partial charge in [0.2, 0.25) is 0 Å². The first-order valence-electron chi connectivity index (χ1n) is 6.45. The quantitative estimate of drug-likeness (QED) is 0.839. The van der Waals surface area contributed by atoms with Gasteiger partial charge in [0.1, 0.15) is 6.04 Å². The van der Waals surface area contributed by atoms with Crippen molar-refractivity contribution in [2.24, 2.45) is 0 Å². The standard InChI is InChI=1S/C14H19NO4S/c1-4-19-14(16)10-8-20-13(15-10)9-5-6-11(17-2)12(7-9)18-3/h5-7,10,13,15H,4,8H2,1-3H3. The molecule has 2 rings (SSSR count). The van der Waals surface area contributed by atoms with Gasteiger partial charge >= 0.3 is 5.97 Å². The summed E-state index contributed by atoms with van der Waals surface area (Å²) in [6.45, 7) is 2.22. The summed E-state index contributed by atoms with van der Waals surface area (Å²) in [4.78, 5) is 11.7. The van der Waals surface area contributed by atoms with Crippen LogP contribution in [0.3, 0.4) is 0 Å². The highest BCUT2D eigenvalue weighted by atomic mass is 32.2. The lowest BCUT2D eigenvalue weighted by molar-refractivity contribution is -0.144. The maximum Gasteiger partial charge on any atom is 0.324 e. The van der Waals surface area contributed by atoms with Crippen molar-refractivity contribution < 1.29 is 19.0 Å². The van der Waals surface area contributed by atoms with Crippen LogP contribution in [0.1, 0.15) is 17.9 Å². The van der Waals surface area contributed by atoms with Crippen molar-refractivity contribution in [3.63, 3.8) is 0 Å². The van der Waals surface area contributed by atoms with E-state index in [-0.39, 0.29) is 17.4 Å². The number of ether oxygens (including phenoxy) is 3. The van der Waals surface area contributed by atoms with E-state index < -0.39 is 0 Å². The predicted octanol–water partition coefficient (Wildman–Crippen LogP) is 1.97. The average molecular weight is 297 g/mol. The fourth-order valence-electron chi connectivity index (χ4n) is 2.06. The van der Waals surface area contributed by atoms with Crippen molar-refractivity contribution >= 4 is 17.7 Å². The van der Waals surface area contributed by atoms with Gasteiger partial charge in [0.25, 0.3) is 0 Å². The molecule has 1 heterocycles. The zero-order valence-corrected chi connectivity index (χ0v) is 12.7. The third-order valence-electron chi connectivity index (χ3n) is 3.06. The number of hydrogen-bond acceptors (Lipinski definition) is 6. The Morgan fingerprint density at radius 3 is 2.75 bits per heavy atom. The Morgan fingerprint density at radius 2 is 2.10 bits per heavy atom. The molecule has 1 aliphatic rings. The summed E-state index contributed by atoms with van der Waals surface area (Å²) in [7, 11) is 3.22. The topological polar surface area (TPSA) is 56.8 Å². The summed E-state index contributed by atoms with van der Waals surface area (Å²) >= 11 is 1.68. The number of esters is 1. The number of benzene rings is 1. The molecule has 0 aromatic heterocycles. The number of carbonyl (C=O) groups is 1. The van der Waals surface area contributed by atoms with Crippen LogP contribution in [0.25, 0.3) is 0 Å². The fourth-order valence-corrected chi connectivity index (χ4v) is 3.28. The molecule has 0 aliphatic carbocycles. The normalized spacial score (nSPS) is 21.6. The smallest absolute Gasteiger partial charge is 0.324 e. The largest absolute Gasteiger partial charge is 0.493 e. The highest BCUT2D eigenvalue weighted by molar-refractivity contribution is 7.99. The second-order valence-corrected chi connectivity index (χ2v) is 5.44. The van der Waals surface area contributed by atoms with Crippen LogP contribution >= 0.6 is 11.8 Å². The number of carbonyl (C=O) groups excluding carboxylic acids is 1. The second-order valence-electron chi connectivity index (χ2n) is 4.30. The molecule has 110 valence electrons. The molecule has 0 radical (unpaired) electrons. The van der Waals surface area contributed by atoms with Gasteiger partial charge in [-0.05, 0) is 24.6 Å². The third kappa shape index (κ3) is 3.19. The van der Waals surface area contributed by atoms with Crippen molar-refractivity contribution in [2.45, 2.75) is 18.3 Å². The van der Waals surface area contributed by atoms with Crippen LogP contribution in [-0.4, -0.2) is 38.6 Å². The lowest BCUT2D eigenvalue weighted by Gasteiger charge is -2.15. The Balaban J connectivity index is 2.08. The van der Waals surface area contributed by atoms with Crippen molar-refractivity contribution in [2.75, 3.05) is 26.6 Å². The molecule has 20 heavy (non-hydrogen) atoms. The van der Waals surface area contributed by atoms with Crippen LogP contribution < -0.4 is 14.8 Å². The lowest BCUT2D eigenvalue weighted by Crippen LogP contribution is -2.35. The van der Waals surface area contributed by atoms with Gasteiger partial charge in [-0.3, -0.25) is 10.1 Å². The summed E-state index contributed by atoms with van der Waals surface area (Å²) in [5.74, 6) is 1.90. The average Bonchev–Trinajstić information content (AvgIpc) is 2.96. The Bertz CT molecular complexity index is 480. The summed E-state index contributed by atoms with van der Waals surface area (Å²) in [5, 5.41) is 3.33. The van der Waals surface area contributed by atoms with Gasteiger partial charge < -0.3 is 14.2 Å². The lowest BCUT2D eigenvalue weighted by atomic mass is 10.2. The number of methoxy groups -OCH3 is 2.